The zero-order chi connectivity index (χ0) is 17.1. The van der Waals surface area contributed by atoms with E-state index < -0.39 is 0 Å². The van der Waals surface area contributed by atoms with Crippen molar-refractivity contribution in [3.05, 3.63) is 52.9 Å². The Bertz CT molecular complexity index is 748. The molecule has 0 unspecified atom stereocenters. The van der Waals surface area contributed by atoms with Crippen LogP contribution in [0.1, 0.15) is 10.4 Å². The number of rotatable bonds is 3. The maximum absolute atomic E-state index is 13.9. The van der Waals surface area contributed by atoms with E-state index in [-0.39, 0.29) is 16.9 Å². The quantitative estimate of drug-likeness (QED) is 0.799. The van der Waals surface area contributed by atoms with Gasteiger partial charge in [-0.15, -0.1) is 0 Å². The average molecular weight is 350 g/mol. The summed E-state index contributed by atoms with van der Waals surface area (Å²) in [7, 11) is 1.47. The monoisotopic (exact) mass is 349 g/mol. The fourth-order valence-electron chi connectivity index (χ4n) is 2.74. The third-order valence-electron chi connectivity index (χ3n) is 3.99. The number of methoxy groups -OCH3 is 1. The highest BCUT2D eigenvalue weighted by molar-refractivity contribution is 6.29. The molecule has 5 nitrogen and oxygen atoms in total. The number of hydrogen-bond acceptors (Lipinski definition) is 4. The summed E-state index contributed by atoms with van der Waals surface area (Å²) in [5.74, 6) is -0.0791. The largest absolute Gasteiger partial charge is 0.481 e. The second kappa shape index (κ2) is 7.05. The summed E-state index contributed by atoms with van der Waals surface area (Å²) in [6.45, 7) is 2.16. The van der Waals surface area contributed by atoms with Crippen LogP contribution in [0, 0.1) is 5.82 Å². The SMILES string of the molecule is COc1cc(C(=O)N2CCN(c3ccccc3F)CC2)cc(Cl)n1. The molecule has 1 aromatic carbocycles. The molecule has 0 saturated carbocycles. The van der Waals surface area contributed by atoms with Gasteiger partial charge in [-0.25, -0.2) is 9.37 Å². The smallest absolute Gasteiger partial charge is 0.254 e. The average Bonchev–Trinajstić information content (AvgIpc) is 2.61. The molecule has 1 aliphatic heterocycles. The number of halogens is 2. The second-order valence-electron chi connectivity index (χ2n) is 5.45. The van der Waals surface area contributed by atoms with Crippen LogP contribution in [0.5, 0.6) is 5.88 Å². The third kappa shape index (κ3) is 3.43. The van der Waals surface area contributed by atoms with E-state index >= 15 is 0 Å². The Labute approximate surface area is 144 Å². The molecular formula is C17H17ClFN3O2. The lowest BCUT2D eigenvalue weighted by Gasteiger charge is -2.36. The van der Waals surface area contributed by atoms with Crippen molar-refractivity contribution in [2.45, 2.75) is 0 Å². The first-order chi connectivity index (χ1) is 11.6. The lowest BCUT2D eigenvalue weighted by molar-refractivity contribution is 0.0746. The van der Waals surface area contributed by atoms with Gasteiger partial charge in [0.05, 0.1) is 12.8 Å². The number of carbonyl (C=O) groups is 1. The Morgan fingerprint density at radius 2 is 1.92 bits per heavy atom. The van der Waals surface area contributed by atoms with Gasteiger partial charge >= 0.3 is 0 Å². The Morgan fingerprint density at radius 1 is 1.21 bits per heavy atom. The third-order valence-corrected chi connectivity index (χ3v) is 4.18. The molecule has 3 rings (SSSR count). The Kier molecular flexibility index (Phi) is 4.85. The summed E-state index contributed by atoms with van der Waals surface area (Å²) in [6.07, 6.45) is 0. The van der Waals surface area contributed by atoms with Gasteiger partial charge in [0, 0.05) is 37.8 Å². The standard InChI is InChI=1S/C17H17ClFN3O2/c1-24-16-11-12(10-15(18)20-16)17(23)22-8-6-21(7-9-22)14-5-3-2-4-13(14)19/h2-5,10-11H,6-9H2,1H3. The Morgan fingerprint density at radius 3 is 2.58 bits per heavy atom. The molecule has 0 aliphatic carbocycles. The molecule has 1 aromatic heterocycles. The number of benzene rings is 1. The summed E-state index contributed by atoms with van der Waals surface area (Å²) in [6, 6.07) is 9.76. The Hall–Kier alpha value is -2.34. The maximum atomic E-state index is 13.9. The molecule has 2 heterocycles. The number of para-hydroxylation sites is 1. The summed E-state index contributed by atoms with van der Waals surface area (Å²) in [4.78, 5) is 20.3. The molecule has 0 radical (unpaired) electrons. The zero-order valence-corrected chi connectivity index (χ0v) is 14.0. The predicted molar refractivity (Wildman–Crippen MR) is 90.3 cm³/mol. The van der Waals surface area contributed by atoms with E-state index in [0.717, 1.165) is 0 Å². The van der Waals surface area contributed by atoms with E-state index in [4.69, 9.17) is 16.3 Å². The van der Waals surface area contributed by atoms with E-state index in [2.05, 4.69) is 4.98 Å². The normalized spacial score (nSPS) is 14.6. The molecule has 7 heteroatoms. The van der Waals surface area contributed by atoms with Crippen LogP contribution in [0.15, 0.2) is 36.4 Å². The van der Waals surface area contributed by atoms with Crippen LogP contribution < -0.4 is 9.64 Å². The van der Waals surface area contributed by atoms with Crippen molar-refractivity contribution in [3.63, 3.8) is 0 Å². The number of ether oxygens (including phenoxy) is 1. The zero-order valence-electron chi connectivity index (χ0n) is 13.2. The summed E-state index contributed by atoms with van der Waals surface area (Å²) < 4.78 is 18.9. The van der Waals surface area contributed by atoms with Crippen molar-refractivity contribution in [2.75, 3.05) is 38.2 Å². The molecular weight excluding hydrogens is 333 g/mol. The van der Waals surface area contributed by atoms with Crippen LogP contribution in [-0.2, 0) is 0 Å². The van der Waals surface area contributed by atoms with Crippen molar-refractivity contribution < 1.29 is 13.9 Å². The van der Waals surface area contributed by atoms with Crippen LogP contribution in [0.3, 0.4) is 0 Å². The topological polar surface area (TPSA) is 45.7 Å². The number of anilines is 1. The summed E-state index contributed by atoms with van der Waals surface area (Å²) in [5.41, 5.74) is 1.00. The minimum Gasteiger partial charge on any atom is -0.481 e. The predicted octanol–water partition coefficient (Wildman–Crippen LogP) is 2.85. The summed E-state index contributed by atoms with van der Waals surface area (Å²) in [5, 5.41) is 0.211. The maximum Gasteiger partial charge on any atom is 0.254 e. The molecule has 0 atom stereocenters. The molecule has 0 spiro atoms. The van der Waals surface area contributed by atoms with Gasteiger partial charge in [0.2, 0.25) is 5.88 Å². The van der Waals surface area contributed by atoms with E-state index in [9.17, 15) is 9.18 Å². The van der Waals surface area contributed by atoms with E-state index in [1.165, 1.54) is 19.2 Å². The molecule has 1 amide bonds. The first-order valence-corrected chi connectivity index (χ1v) is 7.96. The molecule has 2 aromatic rings. The van der Waals surface area contributed by atoms with Gasteiger partial charge < -0.3 is 14.5 Å². The highest BCUT2D eigenvalue weighted by atomic mass is 35.5. The minimum absolute atomic E-state index is 0.134. The number of piperazine rings is 1. The van der Waals surface area contributed by atoms with Crippen LogP contribution in [0.25, 0.3) is 0 Å². The van der Waals surface area contributed by atoms with Gasteiger partial charge in [-0.05, 0) is 18.2 Å². The molecule has 1 fully saturated rings. The van der Waals surface area contributed by atoms with Crippen LogP contribution in [-0.4, -0.2) is 49.1 Å². The van der Waals surface area contributed by atoms with Crippen molar-refractivity contribution >= 4 is 23.2 Å². The van der Waals surface area contributed by atoms with Crippen LogP contribution in [0.2, 0.25) is 5.15 Å². The number of hydrogen-bond donors (Lipinski definition) is 0. The van der Waals surface area contributed by atoms with Crippen molar-refractivity contribution in [2.24, 2.45) is 0 Å². The van der Waals surface area contributed by atoms with Crippen LogP contribution in [0.4, 0.5) is 10.1 Å². The number of aromatic nitrogens is 1. The van der Waals surface area contributed by atoms with Crippen LogP contribution >= 0.6 is 11.6 Å². The van der Waals surface area contributed by atoms with Gasteiger partial charge in [0.25, 0.3) is 5.91 Å². The first-order valence-electron chi connectivity index (χ1n) is 7.59. The number of carbonyl (C=O) groups excluding carboxylic acids is 1. The van der Waals surface area contributed by atoms with Gasteiger partial charge in [0.1, 0.15) is 11.0 Å². The highest BCUT2D eigenvalue weighted by Gasteiger charge is 2.24. The molecule has 1 saturated heterocycles. The molecule has 24 heavy (non-hydrogen) atoms. The summed E-state index contributed by atoms with van der Waals surface area (Å²) >= 11 is 5.92. The number of nitrogens with zero attached hydrogens (tertiary/aromatic N) is 3. The highest BCUT2D eigenvalue weighted by Crippen LogP contribution is 2.22. The van der Waals surface area contributed by atoms with Crippen molar-refractivity contribution in [3.8, 4) is 5.88 Å². The molecule has 126 valence electrons. The van der Waals surface area contributed by atoms with Crippen molar-refractivity contribution in [1.29, 1.82) is 0 Å². The minimum atomic E-state index is -0.247. The number of pyridine rings is 1. The van der Waals surface area contributed by atoms with Gasteiger partial charge in [-0.1, -0.05) is 23.7 Å². The van der Waals surface area contributed by atoms with Gasteiger partial charge in [-0.2, -0.15) is 0 Å². The van der Waals surface area contributed by atoms with E-state index in [1.54, 1.807) is 29.2 Å². The molecule has 0 N–H and O–H groups in total. The lowest BCUT2D eigenvalue weighted by atomic mass is 10.2. The van der Waals surface area contributed by atoms with E-state index in [1.807, 2.05) is 4.90 Å². The number of amides is 1. The van der Waals surface area contributed by atoms with Crippen molar-refractivity contribution in [1.82, 2.24) is 9.88 Å². The first kappa shape index (κ1) is 16.5. The fourth-order valence-corrected chi connectivity index (χ4v) is 2.94. The van der Waals surface area contributed by atoms with Gasteiger partial charge in [-0.3, -0.25) is 4.79 Å². The van der Waals surface area contributed by atoms with Gasteiger partial charge in [0.15, 0.2) is 0 Å². The lowest BCUT2D eigenvalue weighted by Crippen LogP contribution is -2.49. The van der Waals surface area contributed by atoms with E-state index in [0.29, 0.717) is 43.3 Å². The fraction of sp³-hybridized carbons (Fsp3) is 0.294. The Balaban J connectivity index is 1.69. The molecule has 1 aliphatic rings. The molecule has 0 bridgehead atoms. The second-order valence-corrected chi connectivity index (χ2v) is 5.84.